The Morgan fingerprint density at radius 1 is 1.11 bits per heavy atom. The van der Waals surface area contributed by atoms with Crippen molar-refractivity contribution in [2.24, 2.45) is 0 Å². The highest BCUT2D eigenvalue weighted by Crippen LogP contribution is 2.25. The van der Waals surface area contributed by atoms with Gasteiger partial charge in [0.1, 0.15) is 5.82 Å². The summed E-state index contributed by atoms with van der Waals surface area (Å²) in [4.78, 5) is 16.6. The SMILES string of the molecule is Cc1ccc(CN(C)C[C@]2(O)CCCN(Cc3ccc(F)cc3)C2=O)cc1. The molecule has 1 fully saturated rings. The Kier molecular flexibility index (Phi) is 5.92. The van der Waals surface area contributed by atoms with Crippen LogP contribution in [0.15, 0.2) is 48.5 Å². The van der Waals surface area contributed by atoms with Crippen LogP contribution < -0.4 is 0 Å². The third kappa shape index (κ3) is 4.93. The van der Waals surface area contributed by atoms with E-state index in [-0.39, 0.29) is 11.7 Å². The number of likely N-dealkylation sites (tertiary alicyclic amines) is 1. The predicted molar refractivity (Wildman–Crippen MR) is 104 cm³/mol. The average molecular weight is 370 g/mol. The summed E-state index contributed by atoms with van der Waals surface area (Å²) in [5, 5.41) is 11.0. The number of aliphatic hydroxyl groups is 1. The summed E-state index contributed by atoms with van der Waals surface area (Å²) >= 11 is 0. The van der Waals surface area contributed by atoms with Gasteiger partial charge in [0.15, 0.2) is 5.60 Å². The summed E-state index contributed by atoms with van der Waals surface area (Å²) in [5.41, 5.74) is 1.84. The van der Waals surface area contributed by atoms with Gasteiger partial charge in [-0.05, 0) is 50.1 Å². The Labute approximate surface area is 160 Å². The van der Waals surface area contributed by atoms with Crippen LogP contribution in [0.3, 0.4) is 0 Å². The fourth-order valence-corrected chi connectivity index (χ4v) is 3.68. The molecule has 0 radical (unpaired) electrons. The molecule has 4 nitrogen and oxygen atoms in total. The number of carbonyl (C=O) groups excluding carboxylic acids is 1. The first-order chi connectivity index (χ1) is 12.9. The molecule has 1 amide bonds. The highest BCUT2D eigenvalue weighted by molar-refractivity contribution is 5.86. The number of halogens is 1. The quantitative estimate of drug-likeness (QED) is 0.850. The standard InChI is InChI=1S/C22H27FN2O2/c1-17-4-6-18(7-5-17)14-24(2)16-22(27)12-3-13-25(21(22)26)15-19-8-10-20(23)11-9-19/h4-11,27H,3,12-16H2,1-2H3/t22-/m1/s1. The zero-order valence-corrected chi connectivity index (χ0v) is 16.0. The molecule has 2 aromatic rings. The van der Waals surface area contributed by atoms with E-state index in [0.717, 1.165) is 17.5 Å². The smallest absolute Gasteiger partial charge is 0.256 e. The molecule has 1 heterocycles. The largest absolute Gasteiger partial charge is 0.379 e. The third-order valence-corrected chi connectivity index (χ3v) is 5.09. The first-order valence-corrected chi connectivity index (χ1v) is 9.36. The van der Waals surface area contributed by atoms with Gasteiger partial charge in [0.05, 0.1) is 0 Å². The van der Waals surface area contributed by atoms with E-state index in [4.69, 9.17) is 0 Å². The van der Waals surface area contributed by atoms with Gasteiger partial charge in [-0.1, -0.05) is 42.0 Å². The molecule has 27 heavy (non-hydrogen) atoms. The molecular formula is C22H27FN2O2. The summed E-state index contributed by atoms with van der Waals surface area (Å²) in [5.74, 6) is -0.535. The van der Waals surface area contributed by atoms with Gasteiger partial charge in [0, 0.05) is 26.2 Å². The van der Waals surface area contributed by atoms with Crippen molar-refractivity contribution in [2.45, 2.75) is 38.5 Å². The number of hydrogen-bond acceptors (Lipinski definition) is 3. The minimum atomic E-state index is -1.38. The molecule has 1 saturated heterocycles. The van der Waals surface area contributed by atoms with Crippen molar-refractivity contribution >= 4 is 5.91 Å². The highest BCUT2D eigenvalue weighted by Gasteiger charge is 2.42. The van der Waals surface area contributed by atoms with Crippen LogP contribution in [0, 0.1) is 12.7 Å². The summed E-state index contributed by atoms with van der Waals surface area (Å²) in [6, 6.07) is 14.4. The van der Waals surface area contributed by atoms with Crippen LogP contribution in [0.1, 0.15) is 29.5 Å². The van der Waals surface area contributed by atoms with Gasteiger partial charge in [-0.15, -0.1) is 0 Å². The number of piperidine rings is 1. The van der Waals surface area contributed by atoms with E-state index < -0.39 is 5.60 Å². The molecule has 2 aromatic carbocycles. The first-order valence-electron chi connectivity index (χ1n) is 9.36. The fourth-order valence-electron chi connectivity index (χ4n) is 3.68. The van der Waals surface area contributed by atoms with E-state index in [9.17, 15) is 14.3 Å². The molecule has 0 aromatic heterocycles. The summed E-state index contributed by atoms with van der Waals surface area (Å²) in [6.07, 6.45) is 1.21. The minimum Gasteiger partial charge on any atom is -0.379 e. The molecule has 0 bridgehead atoms. The van der Waals surface area contributed by atoms with E-state index in [1.54, 1.807) is 17.0 Å². The Morgan fingerprint density at radius 2 is 1.74 bits per heavy atom. The van der Waals surface area contributed by atoms with Gasteiger partial charge in [-0.2, -0.15) is 0 Å². The van der Waals surface area contributed by atoms with Crippen LogP contribution in [-0.2, 0) is 17.9 Å². The maximum atomic E-state index is 13.1. The zero-order chi connectivity index (χ0) is 19.4. The third-order valence-electron chi connectivity index (χ3n) is 5.09. The number of rotatable bonds is 6. The van der Waals surface area contributed by atoms with Gasteiger partial charge in [0.25, 0.3) is 5.91 Å². The van der Waals surface area contributed by atoms with Crippen molar-refractivity contribution in [3.05, 3.63) is 71.0 Å². The second-order valence-electron chi connectivity index (χ2n) is 7.65. The number of amides is 1. The maximum Gasteiger partial charge on any atom is 0.256 e. The number of likely N-dealkylation sites (N-methyl/N-ethyl adjacent to an activating group) is 1. The van der Waals surface area contributed by atoms with E-state index in [0.29, 0.717) is 32.6 Å². The van der Waals surface area contributed by atoms with E-state index in [1.807, 2.05) is 18.9 Å². The predicted octanol–water partition coefficient (Wildman–Crippen LogP) is 3.12. The molecule has 1 aliphatic heterocycles. The Morgan fingerprint density at radius 3 is 2.41 bits per heavy atom. The van der Waals surface area contributed by atoms with Gasteiger partial charge in [-0.25, -0.2) is 4.39 Å². The Hall–Kier alpha value is -2.24. The number of nitrogens with zero attached hydrogens (tertiary/aromatic N) is 2. The first kappa shape index (κ1) is 19.5. The van der Waals surface area contributed by atoms with Crippen LogP contribution in [-0.4, -0.2) is 46.6 Å². The van der Waals surface area contributed by atoms with Crippen molar-refractivity contribution in [3.63, 3.8) is 0 Å². The van der Waals surface area contributed by atoms with Crippen LogP contribution in [0.2, 0.25) is 0 Å². The van der Waals surface area contributed by atoms with Crippen molar-refractivity contribution in [3.8, 4) is 0 Å². The molecule has 144 valence electrons. The lowest BCUT2D eigenvalue weighted by Crippen LogP contribution is -2.57. The normalized spacial score (nSPS) is 20.3. The second kappa shape index (κ2) is 8.19. The summed E-state index contributed by atoms with van der Waals surface area (Å²) in [7, 11) is 1.92. The van der Waals surface area contributed by atoms with Crippen molar-refractivity contribution in [2.75, 3.05) is 20.1 Å². The van der Waals surface area contributed by atoms with E-state index in [2.05, 4.69) is 24.3 Å². The van der Waals surface area contributed by atoms with Gasteiger partial charge in [0.2, 0.25) is 0 Å². The molecule has 0 saturated carbocycles. The average Bonchev–Trinajstić information content (AvgIpc) is 2.63. The number of aryl methyl sites for hydroxylation is 1. The maximum absolute atomic E-state index is 13.1. The van der Waals surface area contributed by atoms with Crippen LogP contribution in [0.5, 0.6) is 0 Å². The molecule has 0 spiro atoms. The molecular weight excluding hydrogens is 343 g/mol. The second-order valence-corrected chi connectivity index (χ2v) is 7.65. The lowest BCUT2D eigenvalue weighted by molar-refractivity contribution is -0.160. The molecule has 0 unspecified atom stereocenters. The lowest BCUT2D eigenvalue weighted by Gasteiger charge is -2.40. The zero-order valence-electron chi connectivity index (χ0n) is 16.0. The van der Waals surface area contributed by atoms with Gasteiger partial charge >= 0.3 is 0 Å². The topological polar surface area (TPSA) is 43.8 Å². The number of carbonyl (C=O) groups is 1. The molecule has 0 aliphatic carbocycles. The number of hydrogen-bond donors (Lipinski definition) is 1. The molecule has 1 atom stereocenters. The molecule has 5 heteroatoms. The van der Waals surface area contributed by atoms with Crippen LogP contribution in [0.25, 0.3) is 0 Å². The monoisotopic (exact) mass is 370 g/mol. The van der Waals surface area contributed by atoms with Crippen molar-refractivity contribution in [1.82, 2.24) is 9.80 Å². The van der Waals surface area contributed by atoms with Crippen molar-refractivity contribution in [1.29, 1.82) is 0 Å². The van der Waals surface area contributed by atoms with Crippen LogP contribution >= 0.6 is 0 Å². The van der Waals surface area contributed by atoms with Crippen LogP contribution in [0.4, 0.5) is 4.39 Å². The lowest BCUT2D eigenvalue weighted by atomic mass is 9.90. The highest BCUT2D eigenvalue weighted by atomic mass is 19.1. The summed E-state index contributed by atoms with van der Waals surface area (Å²) in [6.45, 7) is 4.02. The Balaban J connectivity index is 1.63. The minimum absolute atomic E-state index is 0.242. The summed E-state index contributed by atoms with van der Waals surface area (Å²) < 4.78 is 13.1. The van der Waals surface area contributed by atoms with Crippen molar-refractivity contribution < 1.29 is 14.3 Å². The van der Waals surface area contributed by atoms with Gasteiger partial charge in [-0.3, -0.25) is 9.69 Å². The fraction of sp³-hybridized carbons (Fsp3) is 0.409. The Bertz CT molecular complexity index is 776. The molecule has 3 rings (SSSR count). The number of benzene rings is 2. The van der Waals surface area contributed by atoms with E-state index >= 15 is 0 Å². The van der Waals surface area contributed by atoms with E-state index in [1.165, 1.54) is 17.7 Å². The van der Waals surface area contributed by atoms with Gasteiger partial charge < -0.3 is 10.0 Å². The molecule has 1 N–H and O–H groups in total. The molecule has 1 aliphatic rings.